The van der Waals surface area contributed by atoms with Gasteiger partial charge in [0, 0.05) is 69.5 Å². The van der Waals surface area contributed by atoms with E-state index in [2.05, 4.69) is 30.9 Å². The van der Waals surface area contributed by atoms with Crippen molar-refractivity contribution in [3.63, 3.8) is 0 Å². The van der Waals surface area contributed by atoms with Gasteiger partial charge in [0.2, 0.25) is 17.8 Å². The second kappa shape index (κ2) is 16.7. The van der Waals surface area contributed by atoms with Crippen molar-refractivity contribution in [3.8, 4) is 5.75 Å². The number of fused-ring (bicyclic) bond motifs is 1. The molecule has 6 N–H and O–H groups in total. The Balaban J connectivity index is 0.883. The summed E-state index contributed by atoms with van der Waals surface area (Å²) in [5, 5.41) is 9.84. The van der Waals surface area contributed by atoms with E-state index < -0.39 is 22.6 Å². The Labute approximate surface area is 314 Å². The van der Waals surface area contributed by atoms with Crippen LogP contribution in [0.4, 0.5) is 23.0 Å². The van der Waals surface area contributed by atoms with Gasteiger partial charge in [0.25, 0.3) is 16.4 Å². The quantitative estimate of drug-likeness (QED) is 0.0833. The lowest BCUT2D eigenvalue weighted by molar-refractivity contribution is -0.135. The number of imidazole rings is 1. The van der Waals surface area contributed by atoms with Gasteiger partial charge in [-0.3, -0.25) is 33.5 Å². The molecule has 0 spiro atoms. The third kappa shape index (κ3) is 8.50. The minimum Gasteiger partial charge on any atom is -0.495 e. The molecule has 2 atom stereocenters. The second-order valence-corrected chi connectivity index (χ2v) is 13.7. The summed E-state index contributed by atoms with van der Waals surface area (Å²) in [6, 6.07) is 3.55. The van der Waals surface area contributed by atoms with E-state index in [1.807, 2.05) is 24.9 Å². The first kappa shape index (κ1) is 38.3. The van der Waals surface area contributed by atoms with Crippen LogP contribution in [0, 0.1) is 6.92 Å². The number of ether oxygens (including phenoxy) is 2. The third-order valence-electron chi connectivity index (χ3n) is 9.59. The van der Waals surface area contributed by atoms with Gasteiger partial charge in [0.05, 0.1) is 31.8 Å². The molecule has 2 amide bonds. The first-order valence-electron chi connectivity index (χ1n) is 17.6. The summed E-state index contributed by atoms with van der Waals surface area (Å²) in [6.45, 7) is 5.44. The number of carbonyl (C=O) groups is 2. The number of benzene rings is 1. The van der Waals surface area contributed by atoms with E-state index in [0.717, 1.165) is 5.56 Å². The molecule has 54 heavy (non-hydrogen) atoms. The largest absolute Gasteiger partial charge is 0.495 e. The zero-order valence-electron chi connectivity index (χ0n) is 30.3. The lowest BCUT2D eigenvalue weighted by Crippen LogP contribution is -2.51. The van der Waals surface area contributed by atoms with Crippen LogP contribution in [0.3, 0.4) is 0 Å². The predicted molar refractivity (Wildman–Crippen MR) is 205 cm³/mol. The van der Waals surface area contributed by atoms with Crippen LogP contribution < -0.4 is 42.8 Å². The van der Waals surface area contributed by atoms with Gasteiger partial charge < -0.3 is 45.9 Å². The Morgan fingerprint density at radius 3 is 2.56 bits per heavy atom. The maximum Gasteiger partial charge on any atom is 0.280 e. The van der Waals surface area contributed by atoms with Crippen molar-refractivity contribution in [2.45, 2.75) is 32.1 Å². The van der Waals surface area contributed by atoms with Crippen LogP contribution in [0.5, 0.6) is 5.75 Å². The summed E-state index contributed by atoms with van der Waals surface area (Å²) >= 11 is 6.18. The predicted octanol–water partition coefficient (Wildman–Crippen LogP) is 0.741. The van der Waals surface area contributed by atoms with Gasteiger partial charge in [0.1, 0.15) is 23.4 Å². The number of H-pyrrole nitrogens is 1. The van der Waals surface area contributed by atoms with E-state index >= 15 is 0 Å². The summed E-state index contributed by atoms with van der Waals surface area (Å²) < 4.78 is 13.2. The SMILES string of the molecule is COc1cc(Cl)c(C)cc1NCC(=O)N1CCN(C(=O)/C=C/CN(C)CCNc2c(NCC3CCC(n4cnc5c(=O)[nH]c(N)nc54)O3)c(=O)c2=O)CC1. The van der Waals surface area contributed by atoms with Crippen LogP contribution in [0.2, 0.25) is 5.02 Å². The second-order valence-electron chi connectivity index (χ2n) is 13.3. The molecule has 2 fully saturated rings. The fraction of sp³-hybridized carbons (Fsp3) is 0.457. The minimum absolute atomic E-state index is 0.0156. The Kier molecular flexibility index (Phi) is 11.8. The van der Waals surface area contributed by atoms with E-state index in [0.29, 0.717) is 87.3 Å². The molecule has 0 saturated carbocycles. The number of aromatic nitrogens is 4. The zero-order chi connectivity index (χ0) is 38.5. The van der Waals surface area contributed by atoms with Crippen molar-refractivity contribution >= 4 is 57.6 Å². The number of nitrogen functional groups attached to an aromatic ring is 1. The van der Waals surface area contributed by atoms with Gasteiger partial charge in [-0.15, -0.1) is 0 Å². The average molecular weight is 766 g/mol. The van der Waals surface area contributed by atoms with Crippen LogP contribution in [0.1, 0.15) is 24.6 Å². The molecule has 2 aliphatic heterocycles. The summed E-state index contributed by atoms with van der Waals surface area (Å²) in [7, 11) is 3.43. The van der Waals surface area contributed by atoms with Crippen molar-refractivity contribution in [1.29, 1.82) is 0 Å². The van der Waals surface area contributed by atoms with Gasteiger partial charge >= 0.3 is 0 Å². The topological polar surface area (TPSA) is 222 Å². The first-order chi connectivity index (χ1) is 25.9. The molecule has 2 aromatic heterocycles. The van der Waals surface area contributed by atoms with Crippen molar-refractivity contribution < 1.29 is 19.1 Å². The maximum atomic E-state index is 12.8. The normalized spacial score (nSPS) is 17.6. The monoisotopic (exact) mass is 765 g/mol. The van der Waals surface area contributed by atoms with Crippen molar-refractivity contribution in [1.82, 2.24) is 34.2 Å². The van der Waals surface area contributed by atoms with E-state index in [4.69, 9.17) is 26.8 Å². The highest BCUT2D eigenvalue weighted by Crippen LogP contribution is 2.32. The number of anilines is 4. The number of methoxy groups -OCH3 is 1. The number of hydrogen-bond acceptors (Lipinski definition) is 14. The molecule has 288 valence electrons. The molecule has 0 radical (unpaired) electrons. The van der Waals surface area contributed by atoms with Gasteiger partial charge in [-0.05, 0) is 38.4 Å². The van der Waals surface area contributed by atoms with Crippen molar-refractivity contribution in [2.24, 2.45) is 0 Å². The molecule has 18 nitrogen and oxygen atoms in total. The number of amides is 2. The number of aryl methyl sites for hydroxylation is 1. The number of nitrogens with zero attached hydrogens (tertiary/aromatic N) is 6. The zero-order valence-corrected chi connectivity index (χ0v) is 31.1. The number of carbonyl (C=O) groups excluding carboxylic acids is 2. The van der Waals surface area contributed by atoms with E-state index in [1.54, 1.807) is 33.6 Å². The molecule has 2 aliphatic rings. The smallest absolute Gasteiger partial charge is 0.280 e. The number of aromatic amines is 1. The number of rotatable bonds is 15. The van der Waals surface area contributed by atoms with Gasteiger partial charge in [-0.1, -0.05) is 17.7 Å². The van der Waals surface area contributed by atoms with Crippen LogP contribution in [0.15, 0.2) is 45.0 Å². The average Bonchev–Trinajstić information content (AvgIpc) is 3.81. The summed E-state index contributed by atoms with van der Waals surface area (Å²) in [5.41, 5.74) is 6.63. The number of hydrogen-bond donors (Lipinski definition) is 5. The molecule has 4 heterocycles. The Bertz CT molecular complexity index is 2170. The Morgan fingerprint density at radius 1 is 1.09 bits per heavy atom. The molecule has 2 unspecified atom stereocenters. The van der Waals surface area contributed by atoms with Crippen LogP contribution in [-0.4, -0.2) is 125 Å². The van der Waals surface area contributed by atoms with E-state index in [9.17, 15) is 24.0 Å². The molecule has 19 heteroatoms. The molecular weight excluding hydrogens is 722 g/mol. The van der Waals surface area contributed by atoms with Gasteiger partial charge in [-0.2, -0.15) is 4.98 Å². The molecule has 4 aromatic rings. The fourth-order valence-electron chi connectivity index (χ4n) is 6.47. The highest BCUT2D eigenvalue weighted by atomic mass is 35.5. The lowest BCUT2D eigenvalue weighted by atomic mass is 10.1. The summed E-state index contributed by atoms with van der Waals surface area (Å²) in [5.74, 6) is 0.343. The molecule has 2 aromatic carbocycles. The highest BCUT2D eigenvalue weighted by Gasteiger charge is 2.30. The third-order valence-corrected chi connectivity index (χ3v) is 10.00. The fourth-order valence-corrected chi connectivity index (χ4v) is 6.62. The molecule has 6 rings (SSSR count). The molecular formula is C35H44ClN11O7. The van der Waals surface area contributed by atoms with Gasteiger partial charge in [-0.25, -0.2) is 4.98 Å². The maximum absolute atomic E-state index is 12.8. The number of nitrogens with two attached hydrogens (primary N) is 1. The van der Waals surface area contributed by atoms with Gasteiger partial charge in [0.15, 0.2) is 11.2 Å². The number of halogens is 1. The number of likely N-dealkylation sites (N-methyl/N-ethyl adjacent to an activating group) is 1. The van der Waals surface area contributed by atoms with Crippen LogP contribution in [-0.2, 0) is 14.3 Å². The number of piperazine rings is 1. The Hall–Kier alpha value is -5.46. The minimum atomic E-state index is -0.586. The summed E-state index contributed by atoms with van der Waals surface area (Å²) in [6.07, 6.45) is 5.44. The van der Waals surface area contributed by atoms with E-state index in [1.165, 1.54) is 12.4 Å². The summed E-state index contributed by atoms with van der Waals surface area (Å²) in [4.78, 5) is 78.6. The van der Waals surface area contributed by atoms with Crippen molar-refractivity contribution in [3.05, 3.63) is 72.0 Å². The Morgan fingerprint density at radius 2 is 1.81 bits per heavy atom. The number of nitrogens with one attached hydrogen (secondary N) is 4. The molecule has 0 bridgehead atoms. The highest BCUT2D eigenvalue weighted by molar-refractivity contribution is 6.31. The molecule has 0 aliphatic carbocycles. The first-order valence-corrected chi connectivity index (χ1v) is 18.0. The van der Waals surface area contributed by atoms with Crippen molar-refractivity contribution in [2.75, 3.05) is 94.7 Å². The van der Waals surface area contributed by atoms with E-state index in [-0.39, 0.29) is 47.3 Å². The van der Waals surface area contributed by atoms with Crippen LogP contribution in [0.25, 0.3) is 11.2 Å². The lowest BCUT2D eigenvalue weighted by Gasteiger charge is -2.34. The molecule has 2 saturated heterocycles. The standard InChI is InChI=1S/C35H44ClN11O7/c1-20-15-23(24(53-3)16-22(20)36)39-18-26(49)46-13-11-45(12-14-46)25(48)5-4-9-44(2)10-8-38-28-29(32(51)31(28)50)40-17-21-6-7-27(54-21)47-19-41-30-33(47)42-35(37)43-34(30)52/h4-5,15-16,19,21,27,38-40H,6-14,17-18H2,1-3H3,(H3,37,42,43,52)/b5-4+. The van der Waals surface area contributed by atoms with Crippen LogP contribution >= 0.6 is 11.6 Å².